The van der Waals surface area contributed by atoms with Crippen LogP contribution in [0.4, 0.5) is 0 Å². The van der Waals surface area contributed by atoms with E-state index < -0.39 is 98.2 Å². The number of rotatable bonds is 9. The number of hydrogen-bond donors (Lipinski definition) is 9. The monoisotopic (exact) mass is 782 g/mol. The maximum absolute atomic E-state index is 12.7. The maximum Gasteiger partial charge on any atom is 0.336 e. The normalized spacial score (nSPS) is 50.7. The lowest BCUT2D eigenvalue weighted by atomic mass is 9.46. The van der Waals surface area contributed by atoms with Crippen LogP contribution in [0.5, 0.6) is 0 Å². The van der Waals surface area contributed by atoms with Crippen molar-refractivity contribution in [2.24, 2.45) is 40.4 Å². The molecule has 7 rings (SSSR count). The zero-order valence-electron chi connectivity index (χ0n) is 32.2. The smallest absolute Gasteiger partial charge is 0.336 e. The van der Waals surface area contributed by atoms with Crippen molar-refractivity contribution in [2.75, 3.05) is 19.8 Å². The number of allylic oxidation sites excluding steroid dienone is 1. The molecule has 7 aliphatic rings. The highest BCUT2D eigenvalue weighted by Crippen LogP contribution is 2.67. The third kappa shape index (κ3) is 7.06. The fourth-order valence-corrected chi connectivity index (χ4v) is 12.0. The Hall–Kier alpha value is -1.57. The molecule has 2 saturated heterocycles. The molecule has 5 fully saturated rings. The van der Waals surface area contributed by atoms with E-state index in [9.17, 15) is 50.8 Å². The van der Waals surface area contributed by atoms with E-state index in [0.29, 0.717) is 36.2 Å². The summed E-state index contributed by atoms with van der Waals surface area (Å²) in [5.74, 6) is 1.26. The minimum Gasteiger partial charge on any atom is -0.458 e. The summed E-state index contributed by atoms with van der Waals surface area (Å²) in [7, 11) is 0. The summed E-state index contributed by atoms with van der Waals surface area (Å²) in [4.78, 5) is 12.7. The van der Waals surface area contributed by atoms with E-state index in [-0.39, 0.29) is 36.4 Å². The van der Waals surface area contributed by atoms with E-state index >= 15 is 0 Å². The Morgan fingerprint density at radius 3 is 2.20 bits per heavy atom. The predicted octanol–water partition coefficient (Wildman–Crippen LogP) is -0.194. The SMILES string of the molecule is CC1=C(CO)C(=O)O[C@@H]([C@@H](C)[C@H]2CC[C@H]3[C@@H]4CC=C5C[C@@H](O[C@@H]6O[C@H](CO[C@@H]7O[C@H](CO)[C@@H](O)[C@H](O)[C@H]7O)[C@@H](O)[C@H](O)[C@H]6O)C[C@H](O)[C@]5(C)[C@H]4CC[C@@]23C)C1. The van der Waals surface area contributed by atoms with Crippen molar-refractivity contribution in [3.63, 3.8) is 0 Å². The molecule has 3 saturated carbocycles. The van der Waals surface area contributed by atoms with Crippen LogP contribution in [-0.2, 0) is 28.5 Å². The first-order valence-corrected chi connectivity index (χ1v) is 20.2. The lowest BCUT2D eigenvalue weighted by Crippen LogP contribution is -2.62. The van der Waals surface area contributed by atoms with Gasteiger partial charge in [0.1, 0.15) is 54.9 Å². The molecule has 4 aliphatic carbocycles. The van der Waals surface area contributed by atoms with Gasteiger partial charge in [0.05, 0.1) is 37.6 Å². The van der Waals surface area contributed by atoms with Crippen LogP contribution in [0.25, 0.3) is 0 Å². The second-order valence-electron chi connectivity index (χ2n) is 18.0. The van der Waals surface area contributed by atoms with Gasteiger partial charge in [-0.25, -0.2) is 4.79 Å². The van der Waals surface area contributed by atoms with Crippen LogP contribution in [0.15, 0.2) is 22.8 Å². The van der Waals surface area contributed by atoms with Crippen LogP contribution < -0.4 is 0 Å². The molecule has 0 aromatic carbocycles. The second kappa shape index (κ2) is 15.9. The zero-order valence-corrected chi connectivity index (χ0v) is 32.2. The molecule has 0 spiro atoms. The number of aliphatic hydroxyl groups excluding tert-OH is 9. The molecular formula is C40H62O15. The van der Waals surface area contributed by atoms with Crippen LogP contribution in [0.2, 0.25) is 0 Å². The van der Waals surface area contributed by atoms with Crippen molar-refractivity contribution in [2.45, 2.75) is 159 Å². The molecule has 312 valence electrons. The first kappa shape index (κ1) is 41.6. The van der Waals surface area contributed by atoms with Crippen LogP contribution in [0.3, 0.4) is 0 Å². The van der Waals surface area contributed by atoms with Crippen molar-refractivity contribution in [1.29, 1.82) is 0 Å². The van der Waals surface area contributed by atoms with Crippen LogP contribution in [-0.4, -0.2) is 151 Å². The Bertz CT molecular complexity index is 1470. The highest BCUT2D eigenvalue weighted by Gasteiger charge is 2.62. The first-order valence-electron chi connectivity index (χ1n) is 20.2. The van der Waals surface area contributed by atoms with Gasteiger partial charge in [0.25, 0.3) is 0 Å². The van der Waals surface area contributed by atoms with Gasteiger partial charge in [-0.2, -0.15) is 0 Å². The Kier molecular flexibility index (Phi) is 12.0. The van der Waals surface area contributed by atoms with Gasteiger partial charge < -0.3 is 69.6 Å². The maximum atomic E-state index is 12.7. The Balaban J connectivity index is 1.00. The molecule has 0 radical (unpaired) electrons. The molecule has 15 nitrogen and oxygen atoms in total. The van der Waals surface area contributed by atoms with E-state index in [2.05, 4.69) is 26.8 Å². The fraction of sp³-hybridized carbons (Fsp3) is 0.875. The predicted molar refractivity (Wildman–Crippen MR) is 191 cm³/mol. The van der Waals surface area contributed by atoms with E-state index in [4.69, 9.17) is 23.7 Å². The topological polar surface area (TPSA) is 245 Å². The lowest BCUT2D eigenvalue weighted by Gasteiger charge is -2.60. The van der Waals surface area contributed by atoms with Crippen molar-refractivity contribution in [1.82, 2.24) is 0 Å². The van der Waals surface area contributed by atoms with Gasteiger partial charge in [-0.3, -0.25) is 0 Å². The van der Waals surface area contributed by atoms with Gasteiger partial charge >= 0.3 is 5.97 Å². The number of fused-ring (bicyclic) bond motifs is 5. The molecule has 0 unspecified atom stereocenters. The van der Waals surface area contributed by atoms with Crippen molar-refractivity contribution in [3.8, 4) is 0 Å². The first-order chi connectivity index (χ1) is 26.0. The third-order valence-electron chi connectivity index (χ3n) is 15.4. The highest BCUT2D eigenvalue weighted by atomic mass is 16.7. The Morgan fingerprint density at radius 2 is 1.53 bits per heavy atom. The van der Waals surface area contributed by atoms with Gasteiger partial charge in [-0.1, -0.05) is 38.0 Å². The molecule has 55 heavy (non-hydrogen) atoms. The third-order valence-corrected chi connectivity index (χ3v) is 15.4. The molecular weight excluding hydrogens is 720 g/mol. The van der Waals surface area contributed by atoms with E-state index in [1.165, 1.54) is 0 Å². The highest BCUT2D eigenvalue weighted by molar-refractivity contribution is 5.90. The second-order valence-corrected chi connectivity index (χ2v) is 18.0. The quantitative estimate of drug-likeness (QED) is 0.109. The number of cyclic esters (lactones) is 1. The Labute approximate surface area is 321 Å². The molecule has 15 heteroatoms. The summed E-state index contributed by atoms with van der Waals surface area (Å²) in [6, 6.07) is 0. The van der Waals surface area contributed by atoms with E-state index in [1.54, 1.807) is 0 Å². The number of aliphatic hydroxyl groups is 9. The number of hydrogen-bond acceptors (Lipinski definition) is 15. The summed E-state index contributed by atoms with van der Waals surface area (Å²) in [5, 5.41) is 94.0. The van der Waals surface area contributed by atoms with Gasteiger partial charge in [0.2, 0.25) is 0 Å². The summed E-state index contributed by atoms with van der Waals surface area (Å²) in [5.41, 5.74) is 1.98. The fourth-order valence-electron chi connectivity index (χ4n) is 12.0. The molecule has 0 bridgehead atoms. The zero-order chi connectivity index (χ0) is 39.7. The molecule has 0 aromatic heterocycles. The van der Waals surface area contributed by atoms with E-state index in [0.717, 1.165) is 43.3 Å². The molecule has 0 aromatic rings. The van der Waals surface area contributed by atoms with Gasteiger partial charge in [0.15, 0.2) is 12.6 Å². The number of ether oxygens (including phenoxy) is 5. The molecule has 3 heterocycles. The summed E-state index contributed by atoms with van der Waals surface area (Å²) < 4.78 is 29.0. The number of carbonyl (C=O) groups is 1. The average Bonchev–Trinajstić information content (AvgIpc) is 3.51. The van der Waals surface area contributed by atoms with Crippen molar-refractivity contribution < 1.29 is 74.4 Å². The lowest BCUT2D eigenvalue weighted by molar-refractivity contribution is -0.337. The minimum absolute atomic E-state index is 0.0672. The average molecular weight is 783 g/mol. The minimum atomic E-state index is -1.68. The van der Waals surface area contributed by atoms with Gasteiger partial charge in [-0.05, 0) is 80.5 Å². The van der Waals surface area contributed by atoms with Crippen LogP contribution >= 0.6 is 0 Å². The molecule has 0 amide bonds. The van der Waals surface area contributed by atoms with Crippen molar-refractivity contribution in [3.05, 3.63) is 22.8 Å². The van der Waals surface area contributed by atoms with Crippen LogP contribution in [0, 0.1) is 40.4 Å². The van der Waals surface area contributed by atoms with Crippen LogP contribution in [0.1, 0.15) is 79.1 Å². The van der Waals surface area contributed by atoms with Gasteiger partial charge in [-0.15, -0.1) is 0 Å². The molecule has 3 aliphatic heterocycles. The standard InChI is InChI=1S/C40H62O15/c1-17-11-26(53-36(50)22(17)14-41)18(2)23-7-8-24-21-6-5-19-12-20(13-29(43)40(19,4)25(21)9-10-39(23,24)3)52-38-35(49)33(47)31(45)28(55-38)16-51-37-34(48)32(46)30(44)27(15-42)54-37/h5,18,20-21,23-35,37-38,41-49H,6-16H2,1-4H3/t18-,20+,21-,23+,24-,25-,26+,27+,28+,29-,30+,31+,32-,33-,34+,35+,37+,38+,39-,40-/m0/s1. The Morgan fingerprint density at radius 1 is 0.855 bits per heavy atom. The molecule has 20 atom stereocenters. The van der Waals surface area contributed by atoms with Gasteiger partial charge in [0, 0.05) is 18.3 Å². The van der Waals surface area contributed by atoms with Crippen molar-refractivity contribution >= 4 is 5.97 Å². The number of carbonyl (C=O) groups excluding carboxylic acids is 1. The largest absolute Gasteiger partial charge is 0.458 e. The summed E-state index contributed by atoms with van der Waals surface area (Å²) in [6.45, 7) is 7.30. The summed E-state index contributed by atoms with van der Waals surface area (Å²) >= 11 is 0. The molecule has 9 N–H and O–H groups in total. The summed E-state index contributed by atoms with van der Waals surface area (Å²) in [6.07, 6.45) is -8.00. The van der Waals surface area contributed by atoms with E-state index in [1.807, 2.05) is 6.92 Å². The number of esters is 1.